The number of ether oxygens (including phenoxy) is 2. The van der Waals surface area contributed by atoms with Gasteiger partial charge in [-0.1, -0.05) is 55.0 Å². The average Bonchev–Trinajstić information content (AvgIpc) is 3.61. The Balaban J connectivity index is 1.15. The summed E-state index contributed by atoms with van der Waals surface area (Å²) in [4.78, 5) is 29.6. The van der Waals surface area contributed by atoms with E-state index in [4.69, 9.17) is 9.47 Å². The Kier molecular flexibility index (Phi) is 7.55. The summed E-state index contributed by atoms with van der Waals surface area (Å²) in [6.45, 7) is 2.00. The highest BCUT2D eigenvalue weighted by atomic mass is 16.6. The summed E-state index contributed by atoms with van der Waals surface area (Å²) in [6.07, 6.45) is 7.29. The van der Waals surface area contributed by atoms with Crippen molar-refractivity contribution in [3.63, 3.8) is 0 Å². The molecule has 6 nitrogen and oxygen atoms in total. The number of hydrogen-bond donors (Lipinski definition) is 0. The van der Waals surface area contributed by atoms with Crippen molar-refractivity contribution in [3.05, 3.63) is 65.7 Å². The van der Waals surface area contributed by atoms with Crippen molar-refractivity contribution >= 4 is 12.0 Å². The second kappa shape index (κ2) is 11.1. The molecule has 5 rings (SSSR count). The molecular weight excluding hydrogens is 440 g/mol. The quantitative estimate of drug-likeness (QED) is 0.479. The lowest BCUT2D eigenvalue weighted by atomic mass is 10.0. The summed E-state index contributed by atoms with van der Waals surface area (Å²) in [5, 5.41) is 0. The Labute approximate surface area is 208 Å². The minimum absolute atomic E-state index is 0.0831. The molecule has 0 bridgehead atoms. The van der Waals surface area contributed by atoms with Crippen LogP contribution in [0.3, 0.4) is 0 Å². The second-order valence-corrected chi connectivity index (χ2v) is 10.0. The van der Waals surface area contributed by atoms with Crippen molar-refractivity contribution in [2.75, 3.05) is 19.7 Å². The highest BCUT2D eigenvalue weighted by Gasteiger charge is 2.47. The molecule has 0 N–H and O–H groups in total. The third kappa shape index (κ3) is 5.63. The van der Waals surface area contributed by atoms with Gasteiger partial charge in [-0.15, -0.1) is 0 Å². The first-order chi connectivity index (χ1) is 17.2. The number of nitrogens with zero attached hydrogens (tertiary/aromatic N) is 2. The molecule has 2 amide bonds. The molecular formula is C29H36N2O4. The van der Waals surface area contributed by atoms with Gasteiger partial charge >= 0.3 is 6.09 Å². The highest BCUT2D eigenvalue weighted by molar-refractivity contribution is 5.78. The van der Waals surface area contributed by atoms with E-state index in [0.717, 1.165) is 69.3 Å². The van der Waals surface area contributed by atoms with Crippen molar-refractivity contribution in [1.82, 2.24) is 9.80 Å². The van der Waals surface area contributed by atoms with Crippen LogP contribution in [0.2, 0.25) is 0 Å². The molecule has 2 aliphatic heterocycles. The fourth-order valence-electron chi connectivity index (χ4n) is 5.93. The van der Waals surface area contributed by atoms with Crippen LogP contribution < -0.4 is 4.74 Å². The van der Waals surface area contributed by atoms with Gasteiger partial charge in [0.05, 0.1) is 6.61 Å². The first kappa shape index (κ1) is 23.7. The SMILES string of the molecule is O=C(O[C@H]1C[C@@H]2CCC[C@@H]2N1C(=O)CCCOc1ccccc1Cc1ccccc1)N1CCCC1. The van der Waals surface area contributed by atoms with Gasteiger partial charge in [-0.2, -0.15) is 0 Å². The molecule has 2 aromatic rings. The second-order valence-electron chi connectivity index (χ2n) is 10.0. The summed E-state index contributed by atoms with van der Waals surface area (Å²) in [5.41, 5.74) is 2.39. The average molecular weight is 477 g/mol. The third-order valence-electron chi connectivity index (χ3n) is 7.68. The maximum Gasteiger partial charge on any atom is 0.411 e. The third-order valence-corrected chi connectivity index (χ3v) is 7.68. The molecule has 3 atom stereocenters. The molecule has 2 saturated heterocycles. The van der Waals surface area contributed by atoms with Gasteiger partial charge in [0.2, 0.25) is 5.91 Å². The predicted octanol–water partition coefficient (Wildman–Crippen LogP) is 5.40. The standard InChI is InChI=1S/C29H36N2O4/c32-27(16-9-19-34-26-15-5-4-12-24(26)20-22-10-2-1-3-11-22)31-25-14-8-13-23(25)21-28(31)35-29(33)30-17-6-7-18-30/h1-5,10-12,15,23,25,28H,6-9,13-14,16-21H2/t23-,25-,28-/m0/s1. The normalized spacial score (nSPS) is 23.4. The number of rotatable bonds is 8. The van der Waals surface area contributed by atoms with E-state index in [-0.39, 0.29) is 18.0 Å². The number of hydrogen-bond acceptors (Lipinski definition) is 4. The van der Waals surface area contributed by atoms with E-state index < -0.39 is 6.23 Å². The van der Waals surface area contributed by atoms with Crippen molar-refractivity contribution in [2.24, 2.45) is 5.92 Å². The van der Waals surface area contributed by atoms with Crippen LogP contribution in [-0.2, 0) is 16.0 Å². The molecule has 186 valence electrons. The van der Waals surface area contributed by atoms with Crippen LogP contribution in [0.5, 0.6) is 5.75 Å². The molecule has 1 aliphatic carbocycles. The smallest absolute Gasteiger partial charge is 0.411 e. The van der Waals surface area contributed by atoms with E-state index in [0.29, 0.717) is 25.4 Å². The first-order valence-electron chi connectivity index (χ1n) is 13.2. The molecule has 0 radical (unpaired) electrons. The van der Waals surface area contributed by atoms with Crippen LogP contribution in [0.1, 0.15) is 62.5 Å². The lowest BCUT2D eigenvalue weighted by Gasteiger charge is -2.30. The van der Waals surface area contributed by atoms with Gasteiger partial charge in [0.25, 0.3) is 0 Å². The number of carbonyl (C=O) groups excluding carboxylic acids is 2. The molecule has 0 unspecified atom stereocenters. The van der Waals surface area contributed by atoms with E-state index in [1.165, 1.54) is 5.56 Å². The first-order valence-corrected chi connectivity index (χ1v) is 13.2. The van der Waals surface area contributed by atoms with Crippen LogP contribution in [0.4, 0.5) is 4.79 Å². The largest absolute Gasteiger partial charge is 0.493 e. The van der Waals surface area contributed by atoms with Gasteiger partial charge in [-0.3, -0.25) is 4.79 Å². The van der Waals surface area contributed by atoms with Gasteiger partial charge in [-0.25, -0.2) is 4.79 Å². The molecule has 0 aromatic heterocycles. The molecule has 3 aliphatic rings. The van der Waals surface area contributed by atoms with E-state index in [9.17, 15) is 9.59 Å². The van der Waals surface area contributed by atoms with E-state index in [1.54, 1.807) is 4.90 Å². The molecule has 2 heterocycles. The fourth-order valence-corrected chi connectivity index (χ4v) is 5.93. The van der Waals surface area contributed by atoms with Crippen LogP contribution in [-0.4, -0.2) is 53.8 Å². The zero-order valence-electron chi connectivity index (χ0n) is 20.4. The number of benzene rings is 2. The predicted molar refractivity (Wildman–Crippen MR) is 134 cm³/mol. The summed E-state index contributed by atoms with van der Waals surface area (Å²) in [5.74, 6) is 1.41. The van der Waals surface area contributed by atoms with Gasteiger partial charge in [0.1, 0.15) is 5.75 Å². The van der Waals surface area contributed by atoms with Gasteiger partial charge in [0, 0.05) is 38.4 Å². The molecule has 3 fully saturated rings. The number of para-hydroxylation sites is 1. The topological polar surface area (TPSA) is 59.1 Å². The Morgan fingerprint density at radius 1 is 0.914 bits per heavy atom. The molecule has 35 heavy (non-hydrogen) atoms. The zero-order chi connectivity index (χ0) is 24.0. The minimum atomic E-state index is -0.418. The van der Waals surface area contributed by atoms with Gasteiger partial charge < -0.3 is 19.3 Å². The lowest BCUT2D eigenvalue weighted by molar-refractivity contribution is -0.141. The lowest BCUT2D eigenvalue weighted by Crippen LogP contribution is -2.45. The highest BCUT2D eigenvalue weighted by Crippen LogP contribution is 2.42. The summed E-state index contributed by atoms with van der Waals surface area (Å²) >= 11 is 0. The van der Waals surface area contributed by atoms with E-state index >= 15 is 0 Å². The Hall–Kier alpha value is -3.02. The van der Waals surface area contributed by atoms with E-state index in [2.05, 4.69) is 18.2 Å². The monoisotopic (exact) mass is 476 g/mol. The number of fused-ring (bicyclic) bond motifs is 1. The van der Waals surface area contributed by atoms with Crippen LogP contribution in [0, 0.1) is 5.92 Å². The Morgan fingerprint density at radius 3 is 2.51 bits per heavy atom. The molecule has 6 heteroatoms. The van der Waals surface area contributed by atoms with Crippen molar-refractivity contribution < 1.29 is 19.1 Å². The van der Waals surface area contributed by atoms with Crippen molar-refractivity contribution in [1.29, 1.82) is 0 Å². The van der Waals surface area contributed by atoms with Gasteiger partial charge in [-0.05, 0) is 55.2 Å². The molecule has 0 spiro atoms. The summed E-state index contributed by atoms with van der Waals surface area (Å²) in [6, 6.07) is 18.7. The maximum atomic E-state index is 13.3. The minimum Gasteiger partial charge on any atom is -0.493 e. The number of carbonyl (C=O) groups is 2. The van der Waals surface area contributed by atoms with E-state index in [1.807, 2.05) is 41.3 Å². The van der Waals surface area contributed by atoms with Crippen molar-refractivity contribution in [3.8, 4) is 5.75 Å². The number of likely N-dealkylation sites (tertiary alicyclic amines) is 2. The fraction of sp³-hybridized carbons (Fsp3) is 0.517. The van der Waals surface area contributed by atoms with Crippen LogP contribution >= 0.6 is 0 Å². The Morgan fingerprint density at radius 2 is 1.69 bits per heavy atom. The summed E-state index contributed by atoms with van der Waals surface area (Å²) in [7, 11) is 0. The van der Waals surface area contributed by atoms with Gasteiger partial charge in [0.15, 0.2) is 6.23 Å². The Bertz CT molecular complexity index is 1000. The van der Waals surface area contributed by atoms with Crippen LogP contribution in [0.15, 0.2) is 54.6 Å². The zero-order valence-corrected chi connectivity index (χ0v) is 20.4. The molecule has 1 saturated carbocycles. The van der Waals surface area contributed by atoms with Crippen molar-refractivity contribution in [2.45, 2.75) is 70.1 Å². The van der Waals surface area contributed by atoms with Crippen LogP contribution in [0.25, 0.3) is 0 Å². The summed E-state index contributed by atoms with van der Waals surface area (Å²) < 4.78 is 12.0. The molecule has 2 aromatic carbocycles. The number of amides is 2. The maximum absolute atomic E-state index is 13.3.